The topological polar surface area (TPSA) is 38.7 Å². The Morgan fingerprint density at radius 1 is 1.13 bits per heavy atom. The van der Waals surface area contributed by atoms with Gasteiger partial charge in [0.15, 0.2) is 0 Å². The first kappa shape index (κ1) is 10.3. The molecule has 0 N–H and O–H groups in total. The summed E-state index contributed by atoms with van der Waals surface area (Å²) in [5.41, 5.74) is 2.26. The molecule has 2 aromatic heterocycles. The summed E-state index contributed by atoms with van der Waals surface area (Å²) < 4.78 is 0. The molecule has 3 nitrogen and oxygen atoms in total. The lowest BCUT2D eigenvalue weighted by molar-refractivity contribution is 1.17. The van der Waals surface area contributed by atoms with Crippen molar-refractivity contribution in [2.24, 2.45) is 0 Å². The third kappa shape index (κ3) is 2.25. The maximum Gasteiger partial charge on any atom is 0.148 e. The molecule has 0 aromatic carbocycles. The molecule has 76 valence electrons. The molecule has 0 amide bonds. The summed E-state index contributed by atoms with van der Waals surface area (Å²) in [6, 6.07) is 1.80. The first-order valence-corrected chi connectivity index (χ1v) is 5.02. The Morgan fingerprint density at radius 2 is 1.93 bits per heavy atom. The minimum absolute atomic E-state index is 0.351. The fourth-order valence-corrected chi connectivity index (χ4v) is 1.44. The molecule has 2 aromatic rings. The van der Waals surface area contributed by atoms with Gasteiger partial charge in [-0.25, -0.2) is 4.98 Å². The van der Waals surface area contributed by atoms with Gasteiger partial charge in [0.2, 0.25) is 0 Å². The molecule has 2 heterocycles. The van der Waals surface area contributed by atoms with Crippen LogP contribution >= 0.6 is 23.2 Å². The van der Waals surface area contributed by atoms with Crippen LogP contribution in [-0.2, 0) is 0 Å². The lowest BCUT2D eigenvalue weighted by atomic mass is 10.2. The van der Waals surface area contributed by atoms with Crippen LogP contribution in [0.3, 0.4) is 0 Å². The molecule has 0 saturated heterocycles. The van der Waals surface area contributed by atoms with Gasteiger partial charge >= 0.3 is 0 Å². The van der Waals surface area contributed by atoms with E-state index in [1.54, 1.807) is 18.5 Å². The van der Waals surface area contributed by atoms with Gasteiger partial charge in [-0.3, -0.25) is 9.97 Å². The number of rotatable bonds is 1. The van der Waals surface area contributed by atoms with Crippen LogP contribution < -0.4 is 0 Å². The Labute approximate surface area is 97.1 Å². The molecule has 0 spiro atoms. The molecule has 0 fully saturated rings. The largest absolute Gasteiger partial charge is 0.259 e. The first-order valence-electron chi connectivity index (χ1n) is 4.27. The Morgan fingerprint density at radius 3 is 2.60 bits per heavy atom. The van der Waals surface area contributed by atoms with Crippen molar-refractivity contribution in [3.8, 4) is 11.3 Å². The van der Waals surface area contributed by atoms with Crippen molar-refractivity contribution < 1.29 is 0 Å². The first-order chi connectivity index (χ1) is 7.16. The summed E-state index contributed by atoms with van der Waals surface area (Å²) in [5.74, 6) is 0. The smallest absolute Gasteiger partial charge is 0.148 e. The summed E-state index contributed by atoms with van der Waals surface area (Å²) in [4.78, 5) is 12.2. The number of hydrogen-bond acceptors (Lipinski definition) is 3. The molecular formula is C10H7Cl2N3. The highest BCUT2D eigenvalue weighted by atomic mass is 35.5. The number of pyridine rings is 1. The molecule has 0 atom stereocenters. The maximum atomic E-state index is 5.96. The molecule has 0 aliphatic rings. The Kier molecular flexibility index (Phi) is 2.84. The average Bonchev–Trinajstić information content (AvgIpc) is 2.22. The molecule has 0 unspecified atom stereocenters. The maximum absolute atomic E-state index is 5.96. The molecule has 0 bridgehead atoms. The lowest BCUT2D eigenvalue weighted by Crippen LogP contribution is -1.89. The van der Waals surface area contributed by atoms with Crippen LogP contribution in [0.5, 0.6) is 0 Å². The Balaban J connectivity index is 2.50. The minimum atomic E-state index is 0.351. The van der Waals surface area contributed by atoms with Crippen LogP contribution in [0.2, 0.25) is 10.2 Å². The standard InChI is InChI=1S/C10H7Cl2N3/c1-6-8(11)2-7(3-14-6)9-4-13-5-10(12)15-9/h2-5H,1H3. The van der Waals surface area contributed by atoms with Gasteiger partial charge in [-0.2, -0.15) is 0 Å². The Bertz CT molecular complexity index is 500. The molecular weight excluding hydrogens is 233 g/mol. The normalized spacial score (nSPS) is 10.3. The average molecular weight is 240 g/mol. The number of hydrogen-bond donors (Lipinski definition) is 0. The van der Waals surface area contributed by atoms with E-state index in [2.05, 4.69) is 15.0 Å². The number of aryl methyl sites for hydroxylation is 1. The highest BCUT2D eigenvalue weighted by Gasteiger charge is 2.04. The van der Waals surface area contributed by atoms with E-state index in [9.17, 15) is 0 Å². The number of aromatic nitrogens is 3. The van der Waals surface area contributed by atoms with E-state index in [1.165, 1.54) is 6.20 Å². The van der Waals surface area contributed by atoms with Gasteiger partial charge in [0.1, 0.15) is 5.15 Å². The van der Waals surface area contributed by atoms with Gasteiger partial charge in [-0.15, -0.1) is 0 Å². The van der Waals surface area contributed by atoms with Gasteiger partial charge in [0, 0.05) is 11.8 Å². The minimum Gasteiger partial charge on any atom is -0.259 e. The predicted molar refractivity (Wildman–Crippen MR) is 60.0 cm³/mol. The van der Waals surface area contributed by atoms with Gasteiger partial charge in [-0.1, -0.05) is 23.2 Å². The van der Waals surface area contributed by atoms with Crippen LogP contribution in [0, 0.1) is 6.92 Å². The predicted octanol–water partition coefficient (Wildman–Crippen LogP) is 3.15. The van der Waals surface area contributed by atoms with E-state index >= 15 is 0 Å². The van der Waals surface area contributed by atoms with Crippen molar-refractivity contribution in [1.29, 1.82) is 0 Å². The Hall–Kier alpha value is -1.19. The van der Waals surface area contributed by atoms with Gasteiger partial charge < -0.3 is 0 Å². The van der Waals surface area contributed by atoms with Crippen molar-refractivity contribution in [2.45, 2.75) is 6.92 Å². The van der Waals surface area contributed by atoms with Gasteiger partial charge in [-0.05, 0) is 13.0 Å². The van der Waals surface area contributed by atoms with Crippen molar-refractivity contribution in [2.75, 3.05) is 0 Å². The van der Waals surface area contributed by atoms with Gasteiger partial charge in [0.05, 0.1) is 28.8 Å². The molecule has 5 heteroatoms. The molecule has 2 rings (SSSR count). The van der Waals surface area contributed by atoms with Crippen LogP contribution in [0.4, 0.5) is 0 Å². The van der Waals surface area contributed by atoms with E-state index in [0.717, 1.165) is 11.3 Å². The third-order valence-corrected chi connectivity index (χ3v) is 2.49. The second-order valence-electron chi connectivity index (χ2n) is 3.02. The second-order valence-corrected chi connectivity index (χ2v) is 3.81. The number of nitrogens with zero attached hydrogens (tertiary/aromatic N) is 3. The second kappa shape index (κ2) is 4.13. The van der Waals surface area contributed by atoms with Crippen LogP contribution in [0.15, 0.2) is 24.7 Å². The highest BCUT2D eigenvalue weighted by molar-refractivity contribution is 6.31. The van der Waals surface area contributed by atoms with E-state index in [-0.39, 0.29) is 0 Å². The zero-order chi connectivity index (χ0) is 10.8. The summed E-state index contributed by atoms with van der Waals surface area (Å²) in [5, 5.41) is 0.957. The SMILES string of the molecule is Cc1ncc(-c2cncc(Cl)n2)cc1Cl. The van der Waals surface area contributed by atoms with Crippen LogP contribution in [0.1, 0.15) is 5.69 Å². The van der Waals surface area contributed by atoms with Crippen molar-refractivity contribution in [1.82, 2.24) is 15.0 Å². The lowest BCUT2D eigenvalue weighted by Gasteiger charge is -2.02. The number of halogens is 2. The van der Waals surface area contributed by atoms with Crippen molar-refractivity contribution >= 4 is 23.2 Å². The van der Waals surface area contributed by atoms with Crippen LogP contribution in [0.25, 0.3) is 11.3 Å². The van der Waals surface area contributed by atoms with Gasteiger partial charge in [0.25, 0.3) is 0 Å². The molecule has 0 aliphatic carbocycles. The monoisotopic (exact) mass is 239 g/mol. The molecule has 0 radical (unpaired) electrons. The van der Waals surface area contributed by atoms with E-state index in [4.69, 9.17) is 23.2 Å². The third-order valence-electron chi connectivity index (χ3n) is 1.93. The summed E-state index contributed by atoms with van der Waals surface area (Å²) in [7, 11) is 0. The summed E-state index contributed by atoms with van der Waals surface area (Å²) >= 11 is 11.7. The van der Waals surface area contributed by atoms with E-state index in [1.807, 2.05) is 6.92 Å². The highest BCUT2D eigenvalue weighted by Crippen LogP contribution is 2.22. The fourth-order valence-electron chi connectivity index (χ4n) is 1.13. The van der Waals surface area contributed by atoms with Crippen molar-refractivity contribution in [3.05, 3.63) is 40.5 Å². The molecule has 0 aliphatic heterocycles. The zero-order valence-corrected chi connectivity index (χ0v) is 9.42. The van der Waals surface area contributed by atoms with E-state index in [0.29, 0.717) is 15.9 Å². The zero-order valence-electron chi connectivity index (χ0n) is 7.91. The van der Waals surface area contributed by atoms with Crippen LogP contribution in [-0.4, -0.2) is 15.0 Å². The molecule has 0 saturated carbocycles. The summed E-state index contributed by atoms with van der Waals surface area (Å²) in [6.07, 6.45) is 4.80. The van der Waals surface area contributed by atoms with Crippen molar-refractivity contribution in [3.63, 3.8) is 0 Å². The van der Waals surface area contributed by atoms with E-state index < -0.39 is 0 Å². The summed E-state index contributed by atoms with van der Waals surface area (Å²) in [6.45, 7) is 1.84. The molecule has 15 heavy (non-hydrogen) atoms. The fraction of sp³-hybridized carbons (Fsp3) is 0.100. The quantitative estimate of drug-likeness (QED) is 0.768.